The van der Waals surface area contributed by atoms with Crippen molar-refractivity contribution in [2.45, 2.75) is 26.1 Å². The normalized spacial score (nSPS) is 16.1. The SMILES string of the molecule is COc1ccc(CN2CCN([C@H](C)C(=O)N(C)Cc3ccccc3)CC2)cc1OC. The van der Waals surface area contributed by atoms with Crippen LogP contribution in [0.3, 0.4) is 0 Å². The third kappa shape index (κ3) is 5.52. The van der Waals surface area contributed by atoms with Gasteiger partial charge in [-0.05, 0) is 30.2 Å². The Labute approximate surface area is 180 Å². The number of rotatable bonds is 8. The number of hydrogen-bond donors (Lipinski definition) is 0. The molecule has 162 valence electrons. The number of benzene rings is 2. The van der Waals surface area contributed by atoms with Crippen molar-refractivity contribution in [1.29, 1.82) is 0 Å². The predicted molar refractivity (Wildman–Crippen MR) is 119 cm³/mol. The lowest BCUT2D eigenvalue weighted by Crippen LogP contribution is -2.53. The molecule has 0 aromatic heterocycles. The van der Waals surface area contributed by atoms with Gasteiger partial charge in [-0.3, -0.25) is 14.6 Å². The molecule has 6 nitrogen and oxygen atoms in total. The van der Waals surface area contributed by atoms with Gasteiger partial charge >= 0.3 is 0 Å². The summed E-state index contributed by atoms with van der Waals surface area (Å²) in [5, 5.41) is 0. The summed E-state index contributed by atoms with van der Waals surface area (Å²) in [4.78, 5) is 19.4. The first-order valence-corrected chi connectivity index (χ1v) is 10.5. The van der Waals surface area contributed by atoms with E-state index in [2.05, 4.69) is 28.0 Å². The minimum Gasteiger partial charge on any atom is -0.493 e. The van der Waals surface area contributed by atoms with Gasteiger partial charge < -0.3 is 14.4 Å². The Morgan fingerprint density at radius 2 is 1.63 bits per heavy atom. The second-order valence-corrected chi connectivity index (χ2v) is 7.86. The van der Waals surface area contributed by atoms with Gasteiger partial charge in [0.05, 0.1) is 20.3 Å². The van der Waals surface area contributed by atoms with Crippen molar-refractivity contribution in [3.05, 3.63) is 59.7 Å². The zero-order valence-corrected chi connectivity index (χ0v) is 18.5. The van der Waals surface area contributed by atoms with Crippen LogP contribution in [0.2, 0.25) is 0 Å². The van der Waals surface area contributed by atoms with Crippen LogP contribution in [0.15, 0.2) is 48.5 Å². The lowest BCUT2D eigenvalue weighted by molar-refractivity contribution is -0.136. The van der Waals surface area contributed by atoms with Gasteiger partial charge in [0.2, 0.25) is 5.91 Å². The average molecular weight is 412 g/mol. The molecule has 6 heteroatoms. The minimum absolute atomic E-state index is 0.109. The molecule has 1 atom stereocenters. The van der Waals surface area contributed by atoms with Crippen LogP contribution in [0.4, 0.5) is 0 Å². The van der Waals surface area contributed by atoms with Crippen molar-refractivity contribution in [2.75, 3.05) is 47.4 Å². The molecule has 0 saturated carbocycles. The van der Waals surface area contributed by atoms with Gasteiger partial charge in [0, 0.05) is 46.3 Å². The van der Waals surface area contributed by atoms with Crippen LogP contribution in [0.25, 0.3) is 0 Å². The minimum atomic E-state index is -0.109. The van der Waals surface area contributed by atoms with Gasteiger partial charge in [0.15, 0.2) is 11.5 Å². The lowest BCUT2D eigenvalue weighted by atomic mass is 10.1. The first-order valence-electron chi connectivity index (χ1n) is 10.5. The molecule has 1 fully saturated rings. The van der Waals surface area contributed by atoms with Crippen molar-refractivity contribution in [3.63, 3.8) is 0 Å². The zero-order valence-electron chi connectivity index (χ0n) is 18.5. The highest BCUT2D eigenvalue weighted by atomic mass is 16.5. The first-order chi connectivity index (χ1) is 14.5. The molecule has 1 heterocycles. The summed E-state index contributed by atoms with van der Waals surface area (Å²) in [6.07, 6.45) is 0. The van der Waals surface area contributed by atoms with Crippen molar-refractivity contribution in [2.24, 2.45) is 0 Å². The third-order valence-electron chi connectivity index (χ3n) is 5.80. The highest BCUT2D eigenvalue weighted by Gasteiger charge is 2.27. The van der Waals surface area contributed by atoms with Crippen molar-refractivity contribution in [3.8, 4) is 11.5 Å². The Morgan fingerprint density at radius 1 is 0.967 bits per heavy atom. The lowest BCUT2D eigenvalue weighted by Gasteiger charge is -2.38. The molecule has 3 rings (SSSR count). The number of likely N-dealkylation sites (N-methyl/N-ethyl adjacent to an activating group) is 1. The molecule has 0 spiro atoms. The fourth-order valence-electron chi connectivity index (χ4n) is 3.96. The van der Waals surface area contributed by atoms with Crippen LogP contribution in [0.1, 0.15) is 18.1 Å². The van der Waals surface area contributed by atoms with Crippen LogP contribution in [0, 0.1) is 0 Å². The van der Waals surface area contributed by atoms with Crippen LogP contribution in [-0.2, 0) is 17.9 Å². The second-order valence-electron chi connectivity index (χ2n) is 7.86. The highest BCUT2D eigenvalue weighted by molar-refractivity contribution is 5.81. The van der Waals surface area contributed by atoms with E-state index in [0.717, 1.165) is 49.8 Å². The molecule has 2 aromatic carbocycles. The molecule has 1 amide bonds. The number of carbonyl (C=O) groups is 1. The standard InChI is InChI=1S/C24H33N3O3/c1-19(24(28)25(2)17-20-8-6-5-7-9-20)27-14-12-26(13-15-27)18-21-10-11-22(29-3)23(16-21)30-4/h5-11,16,19H,12-15,17-18H2,1-4H3/t19-/m1/s1. The number of piperazine rings is 1. The van der Waals surface area contributed by atoms with Crippen LogP contribution >= 0.6 is 0 Å². The number of nitrogens with zero attached hydrogens (tertiary/aromatic N) is 3. The van der Waals surface area contributed by atoms with Crippen LogP contribution < -0.4 is 9.47 Å². The molecule has 0 N–H and O–H groups in total. The van der Waals surface area contributed by atoms with E-state index in [9.17, 15) is 4.79 Å². The summed E-state index contributed by atoms with van der Waals surface area (Å²) in [6, 6.07) is 16.1. The van der Waals surface area contributed by atoms with E-state index in [0.29, 0.717) is 6.54 Å². The molecule has 1 saturated heterocycles. The van der Waals surface area contributed by atoms with Gasteiger partial charge in [0.25, 0.3) is 0 Å². The van der Waals surface area contributed by atoms with E-state index in [1.165, 1.54) is 5.56 Å². The highest BCUT2D eigenvalue weighted by Crippen LogP contribution is 2.28. The maximum absolute atomic E-state index is 12.9. The summed E-state index contributed by atoms with van der Waals surface area (Å²) in [6.45, 7) is 7.18. The molecule has 30 heavy (non-hydrogen) atoms. The number of amides is 1. The fourth-order valence-corrected chi connectivity index (χ4v) is 3.96. The van der Waals surface area contributed by atoms with E-state index in [-0.39, 0.29) is 11.9 Å². The summed E-state index contributed by atoms with van der Waals surface area (Å²) in [7, 11) is 5.20. The molecule has 0 unspecified atom stereocenters. The van der Waals surface area contributed by atoms with E-state index < -0.39 is 0 Å². The van der Waals surface area contributed by atoms with E-state index in [1.807, 2.05) is 49.2 Å². The van der Waals surface area contributed by atoms with E-state index >= 15 is 0 Å². The number of carbonyl (C=O) groups excluding carboxylic acids is 1. The Kier molecular flexibility index (Phi) is 7.71. The first kappa shape index (κ1) is 22.1. The molecule has 0 bridgehead atoms. The molecule has 0 aliphatic carbocycles. The summed E-state index contributed by atoms with van der Waals surface area (Å²) >= 11 is 0. The van der Waals surface area contributed by atoms with Crippen molar-refractivity contribution >= 4 is 5.91 Å². The van der Waals surface area contributed by atoms with E-state index in [1.54, 1.807) is 14.2 Å². The monoisotopic (exact) mass is 411 g/mol. The van der Waals surface area contributed by atoms with Gasteiger partial charge in [-0.15, -0.1) is 0 Å². The zero-order chi connectivity index (χ0) is 21.5. The van der Waals surface area contributed by atoms with Gasteiger partial charge in [-0.1, -0.05) is 36.4 Å². The predicted octanol–water partition coefficient (Wildman–Crippen LogP) is 2.87. The number of methoxy groups -OCH3 is 2. The summed E-state index contributed by atoms with van der Waals surface area (Å²) in [5.41, 5.74) is 2.35. The Bertz CT molecular complexity index is 820. The maximum Gasteiger partial charge on any atom is 0.239 e. The molecular weight excluding hydrogens is 378 g/mol. The quantitative estimate of drug-likeness (QED) is 0.668. The molecular formula is C24H33N3O3. The second kappa shape index (κ2) is 10.5. The Balaban J connectivity index is 1.50. The maximum atomic E-state index is 12.9. The Hall–Kier alpha value is -2.57. The van der Waals surface area contributed by atoms with E-state index in [4.69, 9.17) is 9.47 Å². The number of hydrogen-bond acceptors (Lipinski definition) is 5. The van der Waals surface area contributed by atoms with Gasteiger partial charge in [-0.2, -0.15) is 0 Å². The van der Waals surface area contributed by atoms with Crippen molar-refractivity contribution < 1.29 is 14.3 Å². The molecule has 2 aromatic rings. The summed E-state index contributed by atoms with van der Waals surface area (Å²) < 4.78 is 10.7. The number of ether oxygens (including phenoxy) is 2. The molecule has 1 aliphatic rings. The topological polar surface area (TPSA) is 45.2 Å². The van der Waals surface area contributed by atoms with Crippen LogP contribution in [0.5, 0.6) is 11.5 Å². The molecule has 0 radical (unpaired) electrons. The average Bonchev–Trinajstić information content (AvgIpc) is 2.79. The van der Waals surface area contributed by atoms with Gasteiger partial charge in [-0.25, -0.2) is 0 Å². The Morgan fingerprint density at radius 3 is 2.27 bits per heavy atom. The van der Waals surface area contributed by atoms with Crippen molar-refractivity contribution in [1.82, 2.24) is 14.7 Å². The van der Waals surface area contributed by atoms with Crippen LogP contribution in [-0.4, -0.2) is 74.1 Å². The fraction of sp³-hybridized carbons (Fsp3) is 0.458. The summed E-state index contributed by atoms with van der Waals surface area (Å²) in [5.74, 6) is 1.68. The van der Waals surface area contributed by atoms with Gasteiger partial charge in [0.1, 0.15) is 0 Å². The third-order valence-corrected chi connectivity index (χ3v) is 5.80. The largest absolute Gasteiger partial charge is 0.493 e. The molecule has 1 aliphatic heterocycles. The smallest absolute Gasteiger partial charge is 0.239 e.